The predicted octanol–water partition coefficient (Wildman–Crippen LogP) is 4.29. The first-order valence-corrected chi connectivity index (χ1v) is 7.24. The quantitative estimate of drug-likeness (QED) is 0.794. The van der Waals surface area contributed by atoms with Gasteiger partial charge >= 0.3 is 0 Å². The van der Waals surface area contributed by atoms with E-state index in [1.54, 1.807) is 14.2 Å². The van der Waals surface area contributed by atoms with Gasteiger partial charge in [-0.15, -0.1) is 0 Å². The maximum atomic E-state index is 5.33. The largest absolute Gasteiger partial charge is 0.497 e. The molecule has 0 saturated carbocycles. The Morgan fingerprint density at radius 1 is 1.09 bits per heavy atom. The highest BCUT2D eigenvalue weighted by atomic mass is 16.5. The van der Waals surface area contributed by atoms with Crippen LogP contribution in [0.5, 0.6) is 11.5 Å². The minimum atomic E-state index is 0.762. The van der Waals surface area contributed by atoms with Crippen molar-refractivity contribution in [3.05, 3.63) is 59.7 Å². The van der Waals surface area contributed by atoms with Crippen molar-refractivity contribution < 1.29 is 9.47 Å². The van der Waals surface area contributed by atoms with Gasteiger partial charge in [-0.3, -0.25) is 0 Å². The lowest BCUT2D eigenvalue weighted by Crippen LogP contribution is -2.17. The second-order valence-corrected chi connectivity index (χ2v) is 5.29. The fourth-order valence-corrected chi connectivity index (χ4v) is 2.58. The molecule has 22 heavy (non-hydrogen) atoms. The van der Waals surface area contributed by atoms with Gasteiger partial charge in [0.05, 0.1) is 14.2 Å². The van der Waals surface area contributed by atoms with Crippen LogP contribution in [-0.2, 0) is 6.54 Å². The highest BCUT2D eigenvalue weighted by Crippen LogP contribution is 2.27. The Labute approximate surface area is 132 Å². The van der Waals surface area contributed by atoms with Crippen molar-refractivity contribution in [3.8, 4) is 11.5 Å². The first-order valence-electron chi connectivity index (χ1n) is 7.24. The Morgan fingerprint density at radius 2 is 1.73 bits per heavy atom. The number of aryl methyl sites for hydroxylation is 1. The Balaban J connectivity index is 2.31. The molecule has 2 aromatic rings. The van der Waals surface area contributed by atoms with Gasteiger partial charge < -0.3 is 14.4 Å². The van der Waals surface area contributed by atoms with E-state index in [1.807, 2.05) is 24.3 Å². The van der Waals surface area contributed by atoms with Gasteiger partial charge in [-0.2, -0.15) is 0 Å². The van der Waals surface area contributed by atoms with Crippen LogP contribution in [0.2, 0.25) is 0 Å². The lowest BCUT2D eigenvalue weighted by Gasteiger charge is -2.23. The standard InChI is InChI=1S/C19H23NO2/c1-6-18-14(2)8-7-9-19(18)20(3)13-15-10-16(21-4)12-17(11-15)22-5/h6-12H,1,13H2,2-5H3. The molecule has 3 nitrogen and oxygen atoms in total. The van der Waals surface area contributed by atoms with Crippen molar-refractivity contribution in [2.24, 2.45) is 0 Å². The summed E-state index contributed by atoms with van der Waals surface area (Å²) in [5.41, 5.74) is 4.69. The summed E-state index contributed by atoms with van der Waals surface area (Å²) in [7, 11) is 5.41. The molecule has 0 aliphatic rings. The molecule has 0 amide bonds. The first-order chi connectivity index (χ1) is 10.6. The van der Waals surface area contributed by atoms with E-state index in [-0.39, 0.29) is 0 Å². The zero-order valence-electron chi connectivity index (χ0n) is 13.7. The van der Waals surface area contributed by atoms with Crippen LogP contribution in [0.3, 0.4) is 0 Å². The summed E-state index contributed by atoms with van der Waals surface area (Å²) >= 11 is 0. The van der Waals surface area contributed by atoms with Crippen molar-refractivity contribution >= 4 is 11.8 Å². The van der Waals surface area contributed by atoms with E-state index in [9.17, 15) is 0 Å². The van der Waals surface area contributed by atoms with Gasteiger partial charge in [-0.1, -0.05) is 24.8 Å². The van der Waals surface area contributed by atoms with Crippen LogP contribution in [0.25, 0.3) is 6.08 Å². The molecule has 0 heterocycles. The van der Waals surface area contributed by atoms with Gasteiger partial charge in [0.15, 0.2) is 0 Å². The average molecular weight is 297 g/mol. The van der Waals surface area contributed by atoms with Crippen LogP contribution in [0.1, 0.15) is 16.7 Å². The zero-order valence-corrected chi connectivity index (χ0v) is 13.7. The average Bonchev–Trinajstić information content (AvgIpc) is 2.54. The molecule has 0 aliphatic heterocycles. The second kappa shape index (κ2) is 7.03. The fraction of sp³-hybridized carbons (Fsp3) is 0.263. The first kappa shape index (κ1) is 16.0. The molecule has 2 aromatic carbocycles. The van der Waals surface area contributed by atoms with Crippen molar-refractivity contribution in [1.82, 2.24) is 0 Å². The molecular weight excluding hydrogens is 274 g/mol. The zero-order chi connectivity index (χ0) is 16.1. The van der Waals surface area contributed by atoms with Crippen LogP contribution in [0.4, 0.5) is 5.69 Å². The fourth-order valence-electron chi connectivity index (χ4n) is 2.58. The van der Waals surface area contributed by atoms with Crippen molar-refractivity contribution in [2.45, 2.75) is 13.5 Å². The summed E-state index contributed by atoms with van der Waals surface area (Å²) < 4.78 is 10.7. The van der Waals surface area contributed by atoms with Crippen LogP contribution in [-0.4, -0.2) is 21.3 Å². The summed E-state index contributed by atoms with van der Waals surface area (Å²) in [5.74, 6) is 1.60. The summed E-state index contributed by atoms with van der Waals surface area (Å²) in [6, 6.07) is 12.2. The molecule has 3 heteroatoms. The second-order valence-electron chi connectivity index (χ2n) is 5.29. The smallest absolute Gasteiger partial charge is 0.122 e. The van der Waals surface area contributed by atoms with Crippen LogP contribution in [0.15, 0.2) is 43.0 Å². The summed E-state index contributed by atoms with van der Waals surface area (Å²) in [6.07, 6.45) is 1.91. The van der Waals surface area contributed by atoms with Crippen molar-refractivity contribution in [3.63, 3.8) is 0 Å². The number of nitrogens with zero attached hydrogens (tertiary/aromatic N) is 1. The normalized spacial score (nSPS) is 10.2. The lowest BCUT2D eigenvalue weighted by molar-refractivity contribution is 0.393. The van der Waals surface area contributed by atoms with E-state index < -0.39 is 0 Å². The van der Waals surface area contributed by atoms with E-state index in [4.69, 9.17) is 9.47 Å². The van der Waals surface area contributed by atoms with E-state index in [0.717, 1.165) is 29.3 Å². The van der Waals surface area contributed by atoms with Gasteiger partial charge in [0.2, 0.25) is 0 Å². The van der Waals surface area contributed by atoms with E-state index >= 15 is 0 Å². The van der Waals surface area contributed by atoms with E-state index in [0.29, 0.717) is 0 Å². The summed E-state index contributed by atoms with van der Waals surface area (Å²) in [4.78, 5) is 2.21. The number of anilines is 1. The lowest BCUT2D eigenvalue weighted by atomic mass is 10.1. The van der Waals surface area contributed by atoms with E-state index in [1.165, 1.54) is 11.1 Å². The topological polar surface area (TPSA) is 21.7 Å². The molecule has 0 N–H and O–H groups in total. The molecular formula is C19H23NO2. The summed E-state index contributed by atoms with van der Waals surface area (Å²) in [5, 5.41) is 0. The minimum absolute atomic E-state index is 0.762. The Morgan fingerprint density at radius 3 is 2.27 bits per heavy atom. The third-order valence-corrected chi connectivity index (χ3v) is 3.75. The maximum Gasteiger partial charge on any atom is 0.122 e. The number of rotatable bonds is 6. The molecule has 0 bridgehead atoms. The van der Waals surface area contributed by atoms with Gasteiger partial charge in [0, 0.05) is 30.9 Å². The molecule has 0 spiro atoms. The summed E-state index contributed by atoms with van der Waals surface area (Å²) in [6.45, 7) is 6.79. The van der Waals surface area contributed by atoms with Gasteiger partial charge in [-0.25, -0.2) is 0 Å². The molecule has 0 aliphatic carbocycles. The molecule has 2 rings (SSSR count). The Bertz CT molecular complexity index is 642. The third-order valence-electron chi connectivity index (χ3n) is 3.75. The molecule has 0 fully saturated rings. The van der Waals surface area contributed by atoms with Crippen LogP contribution in [0, 0.1) is 6.92 Å². The highest BCUT2D eigenvalue weighted by Gasteiger charge is 2.09. The molecule has 0 unspecified atom stereocenters. The number of benzene rings is 2. The monoisotopic (exact) mass is 297 g/mol. The van der Waals surface area contributed by atoms with Gasteiger partial charge in [-0.05, 0) is 36.2 Å². The van der Waals surface area contributed by atoms with Gasteiger partial charge in [0.1, 0.15) is 11.5 Å². The number of hydrogen-bond acceptors (Lipinski definition) is 3. The van der Waals surface area contributed by atoms with Crippen LogP contribution >= 0.6 is 0 Å². The van der Waals surface area contributed by atoms with Crippen LogP contribution < -0.4 is 14.4 Å². The number of ether oxygens (including phenoxy) is 2. The molecule has 116 valence electrons. The molecule has 0 saturated heterocycles. The van der Waals surface area contributed by atoms with Crippen molar-refractivity contribution in [1.29, 1.82) is 0 Å². The molecule has 0 atom stereocenters. The van der Waals surface area contributed by atoms with Crippen molar-refractivity contribution in [2.75, 3.05) is 26.2 Å². The number of hydrogen-bond donors (Lipinski definition) is 0. The van der Waals surface area contributed by atoms with Gasteiger partial charge in [0.25, 0.3) is 0 Å². The Hall–Kier alpha value is -2.42. The highest BCUT2D eigenvalue weighted by molar-refractivity contribution is 5.69. The maximum absolute atomic E-state index is 5.33. The number of methoxy groups -OCH3 is 2. The molecule has 0 aromatic heterocycles. The minimum Gasteiger partial charge on any atom is -0.497 e. The van der Waals surface area contributed by atoms with E-state index in [2.05, 4.69) is 43.6 Å². The Kier molecular flexibility index (Phi) is 5.10. The molecule has 0 radical (unpaired) electrons. The SMILES string of the molecule is C=Cc1c(C)cccc1N(C)Cc1cc(OC)cc(OC)c1. The predicted molar refractivity (Wildman–Crippen MR) is 92.9 cm³/mol. The third kappa shape index (κ3) is 3.42.